The molecule has 1 amide bonds. The Morgan fingerprint density at radius 1 is 0.533 bits per heavy atom. The fraction of sp³-hybridized carbons (Fsp3) is 0.514. The van der Waals surface area contributed by atoms with E-state index in [2.05, 4.69) is 128 Å². The van der Waals surface area contributed by atoms with E-state index in [1.165, 1.54) is 22.8 Å². The molecule has 31 heteroatoms. The molecule has 9 heterocycles. The second kappa shape index (κ2) is 33.6. The standard InChI is InChI=1S/C17H24ClN5O.C16H24ClN5O2S.C15H19ClN2O.C14H18ClN3O2S.C12H13ClN2O/c1-12(24)19-4-5-23-7-6-22(11-17(23,2)3)16-9-13(18)8-15-14(16)10-20-21-15;1-16(2)11-21(6-7-22(16)5-4-19-25(3,23)24)15-9-12(17)8-14-13(15)10-18-20-14;1-14(2)3-5-15(19,6-4-14)12-7-10(16)8-13-11(12)9-17-18-13;1-2-21(19,20)18-5-3-10(4-6-18)12-7-11(15)8-14-13(12)9-16-17-14;13-9-5-10(8-1-3-16-4-2-8)11-7-14-15-12(11)6-9/h8-10H,4-7,11H2,1-3H3,(H,19,24)(H,20,21);8-10,19H,4-7,11H2,1-3H3,(H,18,20);7-9,19H,3-6H2,1-2H3,(H,17,18);7-10H,2-6H2,1H3,(H,16,17);5-8H,1-4H2,(H,14,15). The lowest BCUT2D eigenvalue weighted by Gasteiger charge is -2.48. The lowest BCUT2D eigenvalue weighted by Crippen LogP contribution is -2.60. The highest BCUT2D eigenvalue weighted by Gasteiger charge is 2.40. The van der Waals surface area contributed by atoms with Crippen LogP contribution < -0.4 is 19.8 Å². The number of carbonyl (C=O) groups is 1. The van der Waals surface area contributed by atoms with Gasteiger partial charge in [0, 0.05) is 173 Å². The van der Waals surface area contributed by atoms with E-state index in [0.717, 1.165) is 181 Å². The molecule has 105 heavy (non-hydrogen) atoms. The van der Waals surface area contributed by atoms with Crippen LogP contribution in [0, 0.1) is 5.41 Å². The first-order valence-corrected chi connectivity index (χ1v) is 41.3. The number of aromatic nitrogens is 10. The Hall–Kier alpha value is -6.37. The number of hydrogen-bond acceptors (Lipinski definition) is 16. The van der Waals surface area contributed by atoms with E-state index in [1.54, 1.807) is 24.3 Å². The van der Waals surface area contributed by atoms with E-state index >= 15 is 0 Å². The molecule has 0 atom stereocenters. The van der Waals surface area contributed by atoms with Gasteiger partial charge in [-0.15, -0.1) is 0 Å². The number of aromatic amines is 5. The fourth-order valence-corrected chi connectivity index (χ4v) is 18.0. The Kier molecular flexibility index (Phi) is 25.5. The lowest BCUT2D eigenvalue weighted by atomic mass is 9.68. The van der Waals surface area contributed by atoms with Crippen LogP contribution in [0.25, 0.3) is 54.5 Å². The second-order valence-corrected chi connectivity index (χ2v) is 36.5. The van der Waals surface area contributed by atoms with Crippen molar-refractivity contribution in [2.24, 2.45) is 5.41 Å². The Labute approximate surface area is 639 Å². The summed E-state index contributed by atoms with van der Waals surface area (Å²) in [6.07, 6.45) is 17.7. The number of aliphatic hydroxyl groups is 1. The average molecular weight is 1580 g/mol. The predicted octanol–water partition coefficient (Wildman–Crippen LogP) is 13.8. The Balaban J connectivity index is 0.000000132. The highest BCUT2D eigenvalue weighted by Crippen LogP contribution is 2.48. The van der Waals surface area contributed by atoms with Gasteiger partial charge in [-0.05, 0) is 181 Å². The van der Waals surface area contributed by atoms with Crippen LogP contribution in [0.5, 0.6) is 0 Å². The Bertz CT molecular complexity index is 4860. The molecular formula is C74H98Cl5N17O7S2. The number of benzene rings is 5. The van der Waals surface area contributed by atoms with Crippen LogP contribution in [0.4, 0.5) is 11.4 Å². The minimum absolute atomic E-state index is 0.00902. The quantitative estimate of drug-likeness (QED) is 0.0502. The zero-order valence-corrected chi connectivity index (χ0v) is 66.6. The first-order valence-electron chi connectivity index (χ1n) is 35.9. The highest BCUT2D eigenvalue weighted by atomic mass is 35.5. The molecule has 568 valence electrons. The normalized spacial score (nSPS) is 19.0. The monoisotopic (exact) mass is 1580 g/mol. The van der Waals surface area contributed by atoms with E-state index in [4.69, 9.17) is 62.7 Å². The number of sulfonamides is 2. The first-order chi connectivity index (χ1) is 49.8. The summed E-state index contributed by atoms with van der Waals surface area (Å²) in [5.41, 5.74) is 9.80. The number of nitrogens with one attached hydrogen (secondary N) is 7. The summed E-state index contributed by atoms with van der Waals surface area (Å²) in [5.74, 6) is 1.06. The van der Waals surface area contributed by atoms with Gasteiger partial charge in [-0.2, -0.15) is 25.5 Å². The summed E-state index contributed by atoms with van der Waals surface area (Å²) in [6.45, 7) is 27.4. The predicted molar refractivity (Wildman–Crippen MR) is 425 cm³/mol. The van der Waals surface area contributed by atoms with E-state index < -0.39 is 25.6 Å². The Morgan fingerprint density at radius 3 is 1.35 bits per heavy atom. The fourth-order valence-electron chi connectivity index (χ4n) is 15.3. The SMILES string of the molecule is CC(=O)NCCN1CCN(c2cc(Cl)cc3[nH]ncc23)CC1(C)C.CC1(C)CCC(O)(c2cc(Cl)cc3[nH]ncc23)CC1.CC1(C)CN(c2cc(Cl)cc3[nH]ncc23)CCN1CCNS(C)(=O)=O.CCS(=O)(=O)N1CCC(c2cc(Cl)cc3[nH]ncc23)CC1.Clc1cc(C2CCOCC2)c2cn[nH]c2c1. The molecule has 5 aromatic carbocycles. The first kappa shape index (κ1) is 79.7. The number of piperazine rings is 2. The van der Waals surface area contributed by atoms with Crippen LogP contribution in [0.2, 0.25) is 25.1 Å². The van der Waals surface area contributed by atoms with Crippen LogP contribution in [0.3, 0.4) is 0 Å². The third-order valence-electron chi connectivity index (χ3n) is 21.2. The number of halogens is 5. The van der Waals surface area contributed by atoms with Crippen molar-refractivity contribution in [3.05, 3.63) is 133 Å². The maximum atomic E-state index is 11.9. The number of hydrogen-bond donors (Lipinski definition) is 8. The molecule has 0 spiro atoms. The van der Waals surface area contributed by atoms with E-state index in [0.29, 0.717) is 70.1 Å². The van der Waals surface area contributed by atoms with Crippen molar-refractivity contribution >= 4 is 150 Å². The van der Waals surface area contributed by atoms with Gasteiger partial charge < -0.3 is 25.0 Å². The van der Waals surface area contributed by atoms with E-state index in [1.807, 2.05) is 79.4 Å². The van der Waals surface area contributed by atoms with Gasteiger partial charge in [0.15, 0.2) is 0 Å². The van der Waals surface area contributed by atoms with Crippen LogP contribution in [-0.2, 0) is 35.2 Å². The lowest BCUT2D eigenvalue weighted by molar-refractivity contribution is -0.119. The summed E-state index contributed by atoms with van der Waals surface area (Å²) in [6, 6.07) is 19.4. The molecule has 1 saturated carbocycles. The summed E-state index contributed by atoms with van der Waals surface area (Å²) in [7, 11) is -6.23. The molecular weight excluding hydrogens is 1480 g/mol. The molecule has 0 radical (unpaired) electrons. The number of amides is 1. The molecule has 10 aromatic rings. The van der Waals surface area contributed by atoms with Crippen LogP contribution in [-0.4, -0.2) is 208 Å². The van der Waals surface area contributed by atoms with Crippen molar-refractivity contribution < 1.29 is 31.5 Å². The summed E-state index contributed by atoms with van der Waals surface area (Å²) >= 11 is 31.0. The van der Waals surface area contributed by atoms with Gasteiger partial charge in [0.2, 0.25) is 26.0 Å². The summed E-state index contributed by atoms with van der Waals surface area (Å²) in [4.78, 5) is 20.5. The molecule has 5 fully saturated rings. The molecule has 4 saturated heterocycles. The number of fused-ring (bicyclic) bond motifs is 5. The largest absolute Gasteiger partial charge is 0.385 e. The zero-order valence-electron chi connectivity index (χ0n) is 61.2. The second-order valence-electron chi connectivity index (χ2n) is 30.2. The summed E-state index contributed by atoms with van der Waals surface area (Å²) in [5, 5.41) is 58.1. The number of nitrogens with zero attached hydrogens (tertiary/aromatic N) is 10. The van der Waals surface area contributed by atoms with Gasteiger partial charge in [0.05, 0.1) is 76.2 Å². The van der Waals surface area contributed by atoms with E-state index in [9.17, 15) is 26.7 Å². The molecule has 0 unspecified atom stereocenters. The summed E-state index contributed by atoms with van der Waals surface area (Å²) < 4.78 is 55.9. The molecule has 24 nitrogen and oxygen atoms in total. The number of carbonyl (C=O) groups excluding carboxylic acids is 1. The van der Waals surface area contributed by atoms with Crippen molar-refractivity contribution in [3.8, 4) is 0 Å². The van der Waals surface area contributed by atoms with Crippen molar-refractivity contribution in [1.29, 1.82) is 0 Å². The third-order valence-corrected chi connectivity index (χ3v) is 24.9. The van der Waals surface area contributed by atoms with Gasteiger partial charge in [0.25, 0.3) is 0 Å². The molecule has 5 aliphatic rings. The molecule has 4 aliphatic heterocycles. The molecule has 8 N–H and O–H groups in total. The maximum Gasteiger partial charge on any atom is 0.216 e. The van der Waals surface area contributed by atoms with Crippen LogP contribution in [0.1, 0.15) is 135 Å². The third kappa shape index (κ3) is 19.9. The van der Waals surface area contributed by atoms with Crippen molar-refractivity contribution in [2.75, 3.05) is 114 Å². The molecule has 15 rings (SSSR count). The minimum atomic E-state index is -3.15. The highest BCUT2D eigenvalue weighted by molar-refractivity contribution is 7.89. The van der Waals surface area contributed by atoms with Crippen LogP contribution in [0.15, 0.2) is 91.6 Å². The number of anilines is 2. The van der Waals surface area contributed by atoms with Crippen molar-refractivity contribution in [3.63, 3.8) is 0 Å². The van der Waals surface area contributed by atoms with Crippen molar-refractivity contribution in [2.45, 2.75) is 135 Å². The number of ether oxygens (including phenoxy) is 1. The van der Waals surface area contributed by atoms with Gasteiger partial charge in [0.1, 0.15) is 0 Å². The van der Waals surface area contributed by atoms with Gasteiger partial charge >= 0.3 is 0 Å². The minimum Gasteiger partial charge on any atom is -0.385 e. The van der Waals surface area contributed by atoms with Crippen LogP contribution >= 0.6 is 58.0 Å². The molecule has 1 aliphatic carbocycles. The van der Waals surface area contributed by atoms with Gasteiger partial charge in [-0.25, -0.2) is 25.9 Å². The smallest absolute Gasteiger partial charge is 0.216 e. The Morgan fingerprint density at radius 2 is 0.924 bits per heavy atom. The van der Waals surface area contributed by atoms with E-state index in [-0.39, 0.29) is 22.7 Å². The molecule has 5 aromatic heterocycles. The van der Waals surface area contributed by atoms with Crippen molar-refractivity contribution in [1.82, 2.24) is 75.1 Å². The zero-order chi connectivity index (χ0) is 75.2. The van der Waals surface area contributed by atoms with Gasteiger partial charge in [-0.1, -0.05) is 71.9 Å². The molecule has 0 bridgehead atoms. The topological polar surface area (TPSA) is 298 Å². The number of H-pyrrole nitrogens is 5. The maximum absolute atomic E-state index is 11.9. The number of rotatable bonds is 14. The average Bonchev–Trinajstić information content (AvgIpc) is 1.77. The number of piperidine rings is 1. The van der Waals surface area contributed by atoms with Gasteiger partial charge in [-0.3, -0.25) is 40.1 Å².